The van der Waals surface area contributed by atoms with Gasteiger partial charge in [0.1, 0.15) is 5.75 Å². The highest BCUT2D eigenvalue weighted by atomic mass is 35.5. The van der Waals surface area contributed by atoms with Crippen molar-refractivity contribution in [1.82, 2.24) is 14.3 Å². The Hall–Kier alpha value is -2.18. The maximum atomic E-state index is 12.8. The topological polar surface area (TPSA) is 122 Å². The van der Waals surface area contributed by atoms with Crippen molar-refractivity contribution in [2.75, 3.05) is 19.7 Å². The van der Waals surface area contributed by atoms with E-state index in [1.807, 2.05) is 0 Å². The number of nitrogens with zero attached hydrogens (tertiary/aromatic N) is 1. The van der Waals surface area contributed by atoms with Crippen LogP contribution in [-0.4, -0.2) is 52.8 Å². The summed E-state index contributed by atoms with van der Waals surface area (Å²) < 4.78 is 59.9. The third kappa shape index (κ3) is 6.95. The number of carbonyl (C=O) groups is 1. The van der Waals surface area contributed by atoms with Crippen LogP contribution in [0.5, 0.6) is 5.75 Å². The zero-order chi connectivity index (χ0) is 25.6. The van der Waals surface area contributed by atoms with E-state index in [4.69, 9.17) is 16.3 Å². The van der Waals surface area contributed by atoms with E-state index in [2.05, 4.69) is 10.0 Å². The number of benzene rings is 2. The van der Waals surface area contributed by atoms with Crippen LogP contribution in [0.3, 0.4) is 0 Å². The molecule has 0 saturated carbocycles. The Morgan fingerprint density at radius 3 is 2.26 bits per heavy atom. The van der Waals surface area contributed by atoms with Crippen molar-refractivity contribution >= 4 is 37.6 Å². The minimum atomic E-state index is -4.00. The molecule has 0 aliphatic carbocycles. The number of carbonyl (C=O) groups excluding carboxylic acids is 1. The molecule has 1 aliphatic rings. The summed E-state index contributed by atoms with van der Waals surface area (Å²) in [7, 11) is -7.52. The van der Waals surface area contributed by atoms with Crippen LogP contribution in [0.4, 0.5) is 0 Å². The van der Waals surface area contributed by atoms with Gasteiger partial charge in [0.05, 0.1) is 27.5 Å². The first-order chi connectivity index (χ1) is 16.5. The van der Waals surface area contributed by atoms with Crippen LogP contribution in [0.1, 0.15) is 38.7 Å². The van der Waals surface area contributed by atoms with Crippen LogP contribution in [0.25, 0.3) is 0 Å². The Morgan fingerprint density at radius 2 is 1.66 bits per heavy atom. The molecular weight excluding hydrogens is 514 g/mol. The highest BCUT2D eigenvalue weighted by Crippen LogP contribution is 2.27. The summed E-state index contributed by atoms with van der Waals surface area (Å²) in [6, 6.07) is 9.33. The minimum absolute atomic E-state index is 0.0869. The van der Waals surface area contributed by atoms with Gasteiger partial charge in [0.15, 0.2) is 0 Å². The van der Waals surface area contributed by atoms with E-state index in [-0.39, 0.29) is 21.4 Å². The Bertz CT molecular complexity index is 1240. The van der Waals surface area contributed by atoms with E-state index in [1.54, 1.807) is 19.1 Å². The van der Waals surface area contributed by atoms with Gasteiger partial charge in [-0.05, 0) is 62.6 Å². The van der Waals surface area contributed by atoms with Crippen molar-refractivity contribution in [2.45, 2.75) is 55.5 Å². The van der Waals surface area contributed by atoms with E-state index in [0.29, 0.717) is 31.0 Å². The van der Waals surface area contributed by atoms with Crippen LogP contribution in [-0.2, 0) is 31.4 Å². The molecule has 1 amide bonds. The summed E-state index contributed by atoms with van der Waals surface area (Å²) in [4.78, 5) is 12.6. The average molecular weight is 544 g/mol. The van der Waals surface area contributed by atoms with Crippen LogP contribution >= 0.6 is 11.6 Å². The molecule has 9 nitrogen and oxygen atoms in total. The first-order valence-corrected chi connectivity index (χ1v) is 14.7. The standard InChI is InChI=1S/C23H30ClN3O6S2/c1-3-33-22-12-11-20(15-21(22)24)34(29,30)26-17(2)23(28)25-16-18-7-9-19(10-8-18)35(31,32)27-13-5-4-6-14-27/h7-12,15,17,26H,3-6,13-14,16H2,1-2H3,(H,25,28). The number of nitrogens with one attached hydrogen (secondary N) is 2. The molecule has 1 atom stereocenters. The summed E-state index contributed by atoms with van der Waals surface area (Å²) in [5, 5.41) is 2.81. The fourth-order valence-electron chi connectivity index (χ4n) is 3.65. The van der Waals surface area contributed by atoms with E-state index < -0.39 is 32.0 Å². The molecule has 1 aliphatic heterocycles. The lowest BCUT2D eigenvalue weighted by molar-refractivity contribution is -0.122. The molecule has 1 unspecified atom stereocenters. The summed E-state index contributed by atoms with van der Waals surface area (Å²) >= 11 is 6.08. The molecule has 3 rings (SSSR count). The van der Waals surface area contributed by atoms with E-state index >= 15 is 0 Å². The number of amides is 1. The highest BCUT2D eigenvalue weighted by molar-refractivity contribution is 7.89. The molecule has 1 fully saturated rings. The van der Waals surface area contributed by atoms with Crippen LogP contribution in [0, 0.1) is 0 Å². The van der Waals surface area contributed by atoms with Crippen LogP contribution in [0.2, 0.25) is 5.02 Å². The number of rotatable bonds is 10. The predicted octanol–water partition coefficient (Wildman–Crippen LogP) is 2.90. The van der Waals surface area contributed by atoms with Crippen molar-refractivity contribution in [3.8, 4) is 5.75 Å². The van der Waals surface area contributed by atoms with Crippen molar-refractivity contribution in [1.29, 1.82) is 0 Å². The first kappa shape index (κ1) is 27.4. The monoisotopic (exact) mass is 543 g/mol. The molecule has 0 radical (unpaired) electrons. The molecule has 12 heteroatoms. The van der Waals surface area contributed by atoms with Gasteiger partial charge in [0.25, 0.3) is 0 Å². The summed E-state index contributed by atoms with van der Waals surface area (Å²) in [6.07, 6.45) is 2.75. The number of piperidine rings is 1. The van der Waals surface area contributed by atoms with Crippen molar-refractivity contribution < 1.29 is 26.4 Å². The van der Waals surface area contributed by atoms with Gasteiger partial charge in [-0.15, -0.1) is 0 Å². The quantitative estimate of drug-likeness (QED) is 0.475. The largest absolute Gasteiger partial charge is 0.492 e. The zero-order valence-corrected chi connectivity index (χ0v) is 22.0. The van der Waals surface area contributed by atoms with E-state index in [9.17, 15) is 21.6 Å². The summed E-state index contributed by atoms with van der Waals surface area (Å²) in [5.41, 5.74) is 0.685. The number of ether oxygens (including phenoxy) is 1. The number of sulfonamides is 2. The van der Waals surface area contributed by atoms with Gasteiger partial charge in [0.2, 0.25) is 26.0 Å². The molecule has 0 bridgehead atoms. The van der Waals surface area contributed by atoms with E-state index in [0.717, 1.165) is 19.3 Å². The Morgan fingerprint density at radius 1 is 1.03 bits per heavy atom. The number of halogens is 1. The summed E-state index contributed by atoms with van der Waals surface area (Å²) in [6.45, 7) is 4.77. The Labute approximate surface area is 211 Å². The molecule has 2 aromatic carbocycles. The SMILES string of the molecule is CCOc1ccc(S(=O)(=O)NC(C)C(=O)NCc2ccc(S(=O)(=O)N3CCCCC3)cc2)cc1Cl. The second-order valence-electron chi connectivity index (χ2n) is 8.19. The number of hydrogen-bond acceptors (Lipinski definition) is 6. The molecule has 2 aromatic rings. The Balaban J connectivity index is 1.57. The average Bonchev–Trinajstić information content (AvgIpc) is 2.84. The van der Waals surface area contributed by atoms with Crippen LogP contribution < -0.4 is 14.8 Å². The normalized spacial score (nSPS) is 16.0. The Kier molecular flexibility index (Phi) is 9.16. The van der Waals surface area contributed by atoms with Gasteiger partial charge in [-0.3, -0.25) is 4.79 Å². The molecule has 1 heterocycles. The molecular formula is C23H30ClN3O6S2. The van der Waals surface area contributed by atoms with Gasteiger partial charge in [-0.2, -0.15) is 9.03 Å². The highest BCUT2D eigenvalue weighted by Gasteiger charge is 2.26. The first-order valence-electron chi connectivity index (χ1n) is 11.4. The summed E-state index contributed by atoms with van der Waals surface area (Å²) in [5.74, 6) is -0.163. The third-order valence-electron chi connectivity index (χ3n) is 5.58. The zero-order valence-electron chi connectivity index (χ0n) is 19.7. The lowest BCUT2D eigenvalue weighted by Gasteiger charge is -2.25. The molecule has 1 saturated heterocycles. The maximum absolute atomic E-state index is 12.8. The van der Waals surface area contributed by atoms with Gasteiger partial charge in [0, 0.05) is 19.6 Å². The van der Waals surface area contributed by atoms with E-state index in [1.165, 1.54) is 41.6 Å². The van der Waals surface area contributed by atoms with Gasteiger partial charge < -0.3 is 10.1 Å². The predicted molar refractivity (Wildman–Crippen MR) is 133 cm³/mol. The second kappa shape index (κ2) is 11.7. The maximum Gasteiger partial charge on any atom is 0.243 e. The third-order valence-corrected chi connectivity index (χ3v) is 9.33. The molecule has 192 valence electrons. The minimum Gasteiger partial charge on any atom is -0.492 e. The molecule has 0 aromatic heterocycles. The smallest absolute Gasteiger partial charge is 0.243 e. The van der Waals surface area contributed by atoms with Crippen molar-refractivity contribution in [3.05, 3.63) is 53.1 Å². The lowest BCUT2D eigenvalue weighted by atomic mass is 10.2. The lowest BCUT2D eigenvalue weighted by Crippen LogP contribution is -2.44. The van der Waals surface area contributed by atoms with Gasteiger partial charge in [-0.25, -0.2) is 16.8 Å². The van der Waals surface area contributed by atoms with Crippen LogP contribution in [0.15, 0.2) is 52.3 Å². The molecule has 2 N–H and O–H groups in total. The van der Waals surface area contributed by atoms with Gasteiger partial charge >= 0.3 is 0 Å². The molecule has 35 heavy (non-hydrogen) atoms. The second-order valence-corrected chi connectivity index (χ2v) is 12.3. The van der Waals surface area contributed by atoms with Crippen molar-refractivity contribution in [3.63, 3.8) is 0 Å². The fourth-order valence-corrected chi connectivity index (χ4v) is 6.70. The number of hydrogen-bond donors (Lipinski definition) is 2. The van der Waals surface area contributed by atoms with Gasteiger partial charge in [-0.1, -0.05) is 30.2 Å². The van der Waals surface area contributed by atoms with Crippen molar-refractivity contribution in [2.24, 2.45) is 0 Å². The molecule has 0 spiro atoms. The fraction of sp³-hybridized carbons (Fsp3) is 0.435.